The van der Waals surface area contributed by atoms with Gasteiger partial charge in [-0.3, -0.25) is 9.59 Å². The molecule has 2 saturated heterocycles. The zero-order valence-corrected chi connectivity index (χ0v) is 26.7. The van der Waals surface area contributed by atoms with Gasteiger partial charge in [0.1, 0.15) is 12.6 Å². The number of carbonyl (C=O) groups excluding carboxylic acids is 2. The summed E-state index contributed by atoms with van der Waals surface area (Å²) in [6, 6.07) is 20.9. The molecule has 0 N–H and O–H groups in total. The summed E-state index contributed by atoms with van der Waals surface area (Å²) in [7, 11) is -1.24. The number of piperazine rings is 2. The molecule has 1 unspecified atom stereocenters. The molecule has 240 valence electrons. The first-order chi connectivity index (χ1) is 21.7. The average molecular weight is 637 g/mol. The van der Waals surface area contributed by atoms with E-state index in [1.807, 2.05) is 42.5 Å². The Kier molecular flexibility index (Phi) is 10.3. The van der Waals surface area contributed by atoms with Crippen LogP contribution in [-0.4, -0.2) is 107 Å². The number of ether oxygens (including phenoxy) is 3. The van der Waals surface area contributed by atoms with Crippen LogP contribution >= 0.6 is 0 Å². The molecule has 2 amide bonds. The maximum Gasteiger partial charge on any atom is 0.248 e. The molecular formula is C33H40N4O7S. The number of rotatable bonds is 10. The Labute approximate surface area is 264 Å². The molecule has 12 heteroatoms. The number of benzene rings is 3. The Balaban J connectivity index is 1.34. The highest BCUT2D eigenvalue weighted by Crippen LogP contribution is 2.32. The lowest BCUT2D eigenvalue weighted by molar-refractivity contribution is -0.143. The second kappa shape index (κ2) is 14.3. The van der Waals surface area contributed by atoms with Gasteiger partial charge in [0.2, 0.25) is 21.8 Å². The van der Waals surface area contributed by atoms with Gasteiger partial charge in [-0.05, 0) is 36.2 Å². The first-order valence-corrected chi connectivity index (χ1v) is 16.4. The number of aryl methyl sites for hydroxylation is 1. The first kappa shape index (κ1) is 32.3. The van der Waals surface area contributed by atoms with Crippen LogP contribution < -0.4 is 14.4 Å². The maximum absolute atomic E-state index is 14.1. The number of nitrogens with zero attached hydrogens (tertiary/aromatic N) is 4. The average Bonchev–Trinajstić information content (AvgIpc) is 3.08. The van der Waals surface area contributed by atoms with E-state index in [-0.39, 0.29) is 55.3 Å². The zero-order valence-electron chi connectivity index (χ0n) is 25.9. The molecule has 0 spiro atoms. The Hall–Kier alpha value is -4.13. The molecular weight excluding hydrogens is 596 g/mol. The van der Waals surface area contributed by atoms with E-state index in [1.54, 1.807) is 4.90 Å². The predicted octanol–water partition coefficient (Wildman–Crippen LogP) is 2.78. The summed E-state index contributed by atoms with van der Waals surface area (Å²) in [6.45, 7) is 4.26. The van der Waals surface area contributed by atoms with E-state index in [0.29, 0.717) is 31.9 Å². The Bertz CT molecular complexity index is 1590. The van der Waals surface area contributed by atoms with E-state index in [9.17, 15) is 18.0 Å². The highest BCUT2D eigenvalue weighted by molar-refractivity contribution is 7.89. The maximum atomic E-state index is 14.1. The molecule has 0 aliphatic carbocycles. The summed E-state index contributed by atoms with van der Waals surface area (Å²) in [4.78, 5) is 32.8. The number of carbonyl (C=O) groups is 2. The van der Waals surface area contributed by atoms with Gasteiger partial charge in [0, 0.05) is 57.6 Å². The van der Waals surface area contributed by atoms with Crippen LogP contribution in [0.2, 0.25) is 0 Å². The van der Waals surface area contributed by atoms with Crippen molar-refractivity contribution in [2.75, 3.05) is 71.5 Å². The molecule has 2 heterocycles. The fourth-order valence-electron chi connectivity index (χ4n) is 5.81. The fraction of sp³-hybridized carbons (Fsp3) is 0.394. The van der Waals surface area contributed by atoms with Crippen LogP contribution in [0.3, 0.4) is 0 Å². The molecule has 1 atom stereocenters. The summed E-state index contributed by atoms with van der Waals surface area (Å²) >= 11 is 0. The van der Waals surface area contributed by atoms with Crippen molar-refractivity contribution in [2.24, 2.45) is 0 Å². The topological polar surface area (TPSA) is 109 Å². The molecule has 0 aromatic heterocycles. The molecule has 3 aromatic carbocycles. The lowest BCUT2D eigenvalue weighted by Gasteiger charge is -2.43. The largest absolute Gasteiger partial charge is 0.493 e. The molecule has 5 rings (SSSR count). The minimum atomic E-state index is -4.14. The van der Waals surface area contributed by atoms with Gasteiger partial charge in [0.15, 0.2) is 11.5 Å². The normalized spacial score (nSPS) is 17.7. The van der Waals surface area contributed by atoms with Gasteiger partial charge in [-0.2, -0.15) is 4.31 Å². The van der Waals surface area contributed by atoms with Crippen molar-refractivity contribution in [3.8, 4) is 11.5 Å². The van der Waals surface area contributed by atoms with Crippen molar-refractivity contribution in [3.05, 3.63) is 83.9 Å². The van der Waals surface area contributed by atoms with Crippen molar-refractivity contribution in [1.82, 2.24) is 14.1 Å². The molecule has 45 heavy (non-hydrogen) atoms. The Morgan fingerprint density at radius 3 is 2.16 bits per heavy atom. The van der Waals surface area contributed by atoms with Crippen LogP contribution in [0.1, 0.15) is 11.1 Å². The third kappa shape index (κ3) is 7.24. The van der Waals surface area contributed by atoms with Crippen molar-refractivity contribution >= 4 is 27.5 Å². The number of anilines is 1. The lowest BCUT2D eigenvalue weighted by atomic mass is 10.1. The standard InChI is InChI=1S/C33H40N4O7S/c1-25-9-7-8-12-28(25)34-15-17-35(18-16-34)33(39)29-22-36(32(38)24-44-23-26-10-5-4-6-11-26)19-20-37(29)45(40,41)27-13-14-30(42-2)31(21-27)43-3/h4-14,21,29H,15-20,22-24H2,1-3H3. The lowest BCUT2D eigenvalue weighted by Crippen LogP contribution is -2.63. The van der Waals surface area contributed by atoms with Gasteiger partial charge in [-0.25, -0.2) is 8.42 Å². The molecule has 3 aromatic rings. The van der Waals surface area contributed by atoms with Gasteiger partial charge in [0.25, 0.3) is 0 Å². The van der Waals surface area contributed by atoms with Crippen LogP contribution in [0.4, 0.5) is 5.69 Å². The van der Waals surface area contributed by atoms with Crippen LogP contribution in [0, 0.1) is 6.92 Å². The highest BCUT2D eigenvalue weighted by atomic mass is 32.2. The summed E-state index contributed by atoms with van der Waals surface area (Å²) in [6.07, 6.45) is 0. The fourth-order valence-corrected chi connectivity index (χ4v) is 7.39. The summed E-state index contributed by atoms with van der Waals surface area (Å²) in [5.74, 6) is 0.0298. The van der Waals surface area contributed by atoms with Crippen molar-refractivity contribution in [1.29, 1.82) is 0 Å². The third-order valence-corrected chi connectivity index (χ3v) is 10.2. The number of sulfonamides is 1. The predicted molar refractivity (Wildman–Crippen MR) is 170 cm³/mol. The van der Waals surface area contributed by atoms with Gasteiger partial charge < -0.3 is 28.9 Å². The Morgan fingerprint density at radius 1 is 0.800 bits per heavy atom. The number of para-hydroxylation sites is 1. The molecule has 0 saturated carbocycles. The highest BCUT2D eigenvalue weighted by Gasteiger charge is 2.43. The minimum absolute atomic E-state index is 0.0201. The molecule has 0 bridgehead atoms. The van der Waals surface area contributed by atoms with E-state index in [0.717, 1.165) is 16.8 Å². The smallest absolute Gasteiger partial charge is 0.248 e. The van der Waals surface area contributed by atoms with E-state index in [4.69, 9.17) is 14.2 Å². The number of hydrogen-bond acceptors (Lipinski definition) is 8. The third-order valence-electron chi connectivity index (χ3n) is 8.32. The quantitative estimate of drug-likeness (QED) is 0.335. The minimum Gasteiger partial charge on any atom is -0.493 e. The monoisotopic (exact) mass is 636 g/mol. The Morgan fingerprint density at radius 2 is 1.47 bits per heavy atom. The SMILES string of the molecule is COc1ccc(S(=O)(=O)N2CCN(C(=O)COCc3ccccc3)CC2C(=O)N2CCN(c3ccccc3C)CC2)cc1OC. The van der Waals surface area contributed by atoms with Gasteiger partial charge in [0.05, 0.1) is 25.7 Å². The molecule has 2 aliphatic heterocycles. The van der Waals surface area contributed by atoms with Crippen LogP contribution in [0.25, 0.3) is 0 Å². The van der Waals surface area contributed by atoms with Crippen molar-refractivity contribution in [3.63, 3.8) is 0 Å². The van der Waals surface area contributed by atoms with E-state index >= 15 is 0 Å². The number of methoxy groups -OCH3 is 2. The van der Waals surface area contributed by atoms with E-state index in [1.165, 1.54) is 41.6 Å². The molecule has 2 aliphatic rings. The van der Waals surface area contributed by atoms with Gasteiger partial charge >= 0.3 is 0 Å². The van der Waals surface area contributed by atoms with Gasteiger partial charge in [-0.1, -0.05) is 48.5 Å². The summed E-state index contributed by atoms with van der Waals surface area (Å²) in [5.41, 5.74) is 3.21. The van der Waals surface area contributed by atoms with Crippen LogP contribution in [0.15, 0.2) is 77.7 Å². The van der Waals surface area contributed by atoms with Crippen LogP contribution in [0.5, 0.6) is 11.5 Å². The summed E-state index contributed by atoms with van der Waals surface area (Å²) in [5, 5.41) is 0. The first-order valence-electron chi connectivity index (χ1n) is 15.0. The summed E-state index contributed by atoms with van der Waals surface area (Å²) < 4.78 is 45.6. The second-order valence-electron chi connectivity index (χ2n) is 11.1. The second-order valence-corrected chi connectivity index (χ2v) is 13.0. The molecule has 2 fully saturated rings. The zero-order chi connectivity index (χ0) is 32.0. The number of amides is 2. The molecule has 11 nitrogen and oxygen atoms in total. The molecule has 0 radical (unpaired) electrons. The van der Waals surface area contributed by atoms with Crippen molar-refractivity contribution in [2.45, 2.75) is 24.5 Å². The van der Waals surface area contributed by atoms with E-state index < -0.39 is 16.1 Å². The van der Waals surface area contributed by atoms with E-state index in [2.05, 4.69) is 24.0 Å². The number of hydrogen-bond donors (Lipinski definition) is 0. The van der Waals surface area contributed by atoms with Crippen molar-refractivity contribution < 1.29 is 32.2 Å². The van der Waals surface area contributed by atoms with Gasteiger partial charge in [-0.15, -0.1) is 0 Å². The van der Waals surface area contributed by atoms with Crippen LogP contribution in [-0.2, 0) is 31.0 Å².